The molecule has 3 nitrogen and oxygen atoms in total. The molecule has 2 aliphatic heterocycles. The van der Waals surface area contributed by atoms with Crippen LogP contribution in [0.5, 0.6) is 0 Å². The fourth-order valence-electron chi connectivity index (χ4n) is 3.38. The van der Waals surface area contributed by atoms with Crippen molar-refractivity contribution in [3.8, 4) is 0 Å². The lowest BCUT2D eigenvalue weighted by Gasteiger charge is -2.37. The topological polar surface area (TPSA) is 30.5 Å². The molecule has 2 saturated heterocycles. The molecule has 1 aliphatic carbocycles. The molecule has 1 N–H and O–H groups in total. The van der Waals surface area contributed by atoms with Gasteiger partial charge in [0.05, 0.1) is 13.2 Å². The summed E-state index contributed by atoms with van der Waals surface area (Å²) in [6, 6.07) is 0.668. The predicted molar refractivity (Wildman–Crippen MR) is 75.0 cm³/mol. The van der Waals surface area contributed by atoms with Gasteiger partial charge in [0.15, 0.2) is 5.79 Å². The minimum Gasteiger partial charge on any atom is -0.348 e. The van der Waals surface area contributed by atoms with E-state index < -0.39 is 0 Å². The van der Waals surface area contributed by atoms with Crippen LogP contribution in [0.4, 0.5) is 0 Å². The van der Waals surface area contributed by atoms with Gasteiger partial charge < -0.3 is 14.8 Å². The second kappa shape index (κ2) is 5.31. The molecule has 0 radical (unpaired) electrons. The van der Waals surface area contributed by atoms with Gasteiger partial charge in [-0.3, -0.25) is 0 Å². The highest BCUT2D eigenvalue weighted by molar-refractivity contribution is 8.00. The average molecular weight is 271 g/mol. The number of hydrogen-bond donors (Lipinski definition) is 1. The predicted octanol–water partition coefficient (Wildman–Crippen LogP) is 2.55. The second-order valence-electron chi connectivity index (χ2n) is 6.16. The van der Waals surface area contributed by atoms with Crippen LogP contribution in [0.25, 0.3) is 0 Å². The smallest absolute Gasteiger partial charge is 0.168 e. The van der Waals surface area contributed by atoms with Crippen molar-refractivity contribution in [2.24, 2.45) is 0 Å². The number of nitrogens with one attached hydrogen (secondary N) is 1. The minimum atomic E-state index is -0.204. The molecule has 2 heterocycles. The molecule has 0 aromatic carbocycles. The Morgan fingerprint density at radius 2 is 1.89 bits per heavy atom. The van der Waals surface area contributed by atoms with Crippen LogP contribution in [0.1, 0.15) is 45.4 Å². The summed E-state index contributed by atoms with van der Waals surface area (Å²) >= 11 is 2.14. The van der Waals surface area contributed by atoms with Crippen LogP contribution < -0.4 is 5.32 Å². The van der Waals surface area contributed by atoms with Gasteiger partial charge in [0.2, 0.25) is 0 Å². The number of rotatable bonds is 3. The Labute approximate surface area is 114 Å². The monoisotopic (exact) mass is 271 g/mol. The SMILES string of the molecule is CC1(CNC2CCC3(CC2)OCCO3)CCCS1. The van der Waals surface area contributed by atoms with E-state index in [2.05, 4.69) is 24.0 Å². The van der Waals surface area contributed by atoms with Crippen molar-refractivity contribution in [3.63, 3.8) is 0 Å². The van der Waals surface area contributed by atoms with Gasteiger partial charge in [-0.05, 0) is 38.4 Å². The molecule has 3 rings (SSSR count). The summed E-state index contributed by atoms with van der Waals surface area (Å²) in [5, 5.41) is 3.78. The van der Waals surface area contributed by atoms with Crippen molar-refractivity contribution in [2.45, 2.75) is 62.0 Å². The van der Waals surface area contributed by atoms with E-state index >= 15 is 0 Å². The number of hydrogen-bond acceptors (Lipinski definition) is 4. The fraction of sp³-hybridized carbons (Fsp3) is 1.00. The number of ether oxygens (including phenoxy) is 2. The highest BCUT2D eigenvalue weighted by atomic mass is 32.2. The maximum Gasteiger partial charge on any atom is 0.168 e. The van der Waals surface area contributed by atoms with Crippen LogP contribution in [-0.4, -0.2) is 42.1 Å². The van der Waals surface area contributed by atoms with Crippen molar-refractivity contribution in [3.05, 3.63) is 0 Å². The Bertz CT molecular complexity index is 276. The van der Waals surface area contributed by atoms with E-state index in [1.165, 1.54) is 31.4 Å². The third kappa shape index (κ3) is 2.87. The van der Waals surface area contributed by atoms with Crippen molar-refractivity contribution >= 4 is 11.8 Å². The Morgan fingerprint density at radius 3 is 2.50 bits per heavy atom. The maximum atomic E-state index is 5.77. The van der Waals surface area contributed by atoms with Gasteiger partial charge in [-0.15, -0.1) is 0 Å². The minimum absolute atomic E-state index is 0.204. The van der Waals surface area contributed by atoms with Crippen LogP contribution in [0.2, 0.25) is 0 Å². The standard InChI is InChI=1S/C14H25NO2S/c1-13(5-2-10-18-13)11-15-12-3-6-14(7-4-12)16-8-9-17-14/h12,15H,2-11H2,1H3. The van der Waals surface area contributed by atoms with Gasteiger partial charge in [-0.1, -0.05) is 0 Å². The lowest BCUT2D eigenvalue weighted by atomic mass is 9.89. The molecular weight excluding hydrogens is 246 g/mol. The van der Waals surface area contributed by atoms with E-state index in [4.69, 9.17) is 9.47 Å². The van der Waals surface area contributed by atoms with Gasteiger partial charge in [-0.25, -0.2) is 0 Å². The molecule has 1 saturated carbocycles. The summed E-state index contributed by atoms with van der Waals surface area (Å²) in [5.41, 5.74) is 0. The van der Waals surface area contributed by atoms with Crippen LogP contribution in [-0.2, 0) is 9.47 Å². The Kier molecular flexibility index (Phi) is 3.90. The van der Waals surface area contributed by atoms with Crippen LogP contribution in [0.15, 0.2) is 0 Å². The highest BCUT2D eigenvalue weighted by Crippen LogP contribution is 2.38. The van der Waals surface area contributed by atoms with Crippen molar-refractivity contribution in [1.29, 1.82) is 0 Å². The summed E-state index contributed by atoms with van der Waals surface area (Å²) in [6.45, 7) is 5.14. The van der Waals surface area contributed by atoms with Gasteiger partial charge in [-0.2, -0.15) is 11.8 Å². The molecule has 18 heavy (non-hydrogen) atoms. The second-order valence-corrected chi connectivity index (χ2v) is 7.85. The van der Waals surface area contributed by atoms with E-state index in [0.717, 1.165) is 32.6 Å². The Hall–Kier alpha value is 0.230. The zero-order valence-corrected chi connectivity index (χ0v) is 12.2. The van der Waals surface area contributed by atoms with Crippen LogP contribution in [0.3, 0.4) is 0 Å². The molecule has 3 aliphatic rings. The fourth-order valence-corrected chi connectivity index (χ4v) is 4.64. The first-order chi connectivity index (χ1) is 8.70. The summed E-state index contributed by atoms with van der Waals surface area (Å²) < 4.78 is 12.0. The molecular formula is C14H25NO2S. The highest BCUT2D eigenvalue weighted by Gasteiger charge is 2.40. The number of thioether (sulfide) groups is 1. The van der Waals surface area contributed by atoms with Crippen LogP contribution in [0, 0.1) is 0 Å². The molecule has 0 bridgehead atoms. The molecule has 0 aromatic rings. The van der Waals surface area contributed by atoms with Gasteiger partial charge in [0, 0.05) is 30.2 Å². The normalized spacial score (nSPS) is 36.5. The maximum absolute atomic E-state index is 5.77. The molecule has 4 heteroatoms. The lowest BCUT2D eigenvalue weighted by molar-refractivity contribution is -0.179. The van der Waals surface area contributed by atoms with Crippen molar-refractivity contribution in [1.82, 2.24) is 5.32 Å². The first-order valence-corrected chi connectivity index (χ1v) is 8.34. The molecule has 0 amide bonds. The van der Waals surface area contributed by atoms with E-state index in [1.54, 1.807) is 0 Å². The quantitative estimate of drug-likeness (QED) is 0.854. The van der Waals surface area contributed by atoms with Gasteiger partial charge >= 0.3 is 0 Å². The van der Waals surface area contributed by atoms with E-state index in [9.17, 15) is 0 Å². The summed E-state index contributed by atoms with van der Waals surface area (Å²) in [4.78, 5) is 0. The molecule has 1 atom stereocenters. The Morgan fingerprint density at radius 1 is 1.17 bits per heavy atom. The van der Waals surface area contributed by atoms with E-state index in [1.807, 2.05) is 0 Å². The zero-order valence-electron chi connectivity index (χ0n) is 11.4. The molecule has 1 unspecified atom stereocenters. The largest absolute Gasteiger partial charge is 0.348 e. The zero-order chi connectivity index (χ0) is 12.5. The van der Waals surface area contributed by atoms with Crippen molar-refractivity contribution in [2.75, 3.05) is 25.5 Å². The molecule has 3 fully saturated rings. The first-order valence-electron chi connectivity index (χ1n) is 7.35. The first kappa shape index (κ1) is 13.2. The molecule has 1 spiro atoms. The third-order valence-electron chi connectivity index (χ3n) is 4.63. The summed E-state index contributed by atoms with van der Waals surface area (Å²) in [5.74, 6) is 1.14. The summed E-state index contributed by atoms with van der Waals surface area (Å²) in [7, 11) is 0. The summed E-state index contributed by atoms with van der Waals surface area (Å²) in [6.07, 6.45) is 7.27. The Balaban J connectivity index is 1.43. The lowest BCUT2D eigenvalue weighted by Crippen LogP contribution is -2.45. The molecule has 104 valence electrons. The van der Waals surface area contributed by atoms with Crippen molar-refractivity contribution < 1.29 is 9.47 Å². The van der Waals surface area contributed by atoms with E-state index in [0.29, 0.717) is 10.8 Å². The molecule has 0 aromatic heterocycles. The average Bonchev–Trinajstić information content (AvgIpc) is 3.00. The van der Waals surface area contributed by atoms with E-state index in [-0.39, 0.29) is 5.79 Å². The van der Waals surface area contributed by atoms with Gasteiger partial charge in [0.25, 0.3) is 0 Å². The third-order valence-corrected chi connectivity index (χ3v) is 6.16. The van der Waals surface area contributed by atoms with Gasteiger partial charge in [0.1, 0.15) is 0 Å². The van der Waals surface area contributed by atoms with Crippen LogP contribution >= 0.6 is 11.8 Å².